The Balaban J connectivity index is 2.17. The Morgan fingerprint density at radius 1 is 1.31 bits per heavy atom. The zero-order valence-electron chi connectivity index (χ0n) is 8.31. The van der Waals surface area contributed by atoms with Crippen molar-refractivity contribution in [3.63, 3.8) is 0 Å². The lowest BCUT2D eigenvalue weighted by atomic mass is 9.96. The zero-order chi connectivity index (χ0) is 9.42. The second kappa shape index (κ2) is 3.24. The largest absolute Gasteiger partial charge is 0.229 e. The number of nitrogens with zero attached hydrogens (tertiary/aromatic N) is 1. The van der Waals surface area contributed by atoms with Gasteiger partial charge in [-0.15, -0.1) is 0 Å². The molecule has 72 valence electrons. The molecule has 0 spiro atoms. The number of hydrogen-bond acceptors (Lipinski definition) is 1. The average molecular weight is 181 g/mol. The van der Waals surface area contributed by atoms with Gasteiger partial charge in [0.1, 0.15) is 0 Å². The summed E-state index contributed by atoms with van der Waals surface area (Å²) in [6, 6.07) is 0. The van der Waals surface area contributed by atoms with E-state index in [0.717, 1.165) is 24.1 Å². The van der Waals surface area contributed by atoms with Crippen LogP contribution in [0.5, 0.6) is 0 Å². The third kappa shape index (κ3) is 1.82. The maximum atomic E-state index is 13.4. The van der Waals surface area contributed by atoms with Crippen LogP contribution in [0.25, 0.3) is 0 Å². The second-order valence-corrected chi connectivity index (χ2v) is 4.35. The van der Waals surface area contributed by atoms with Crippen molar-refractivity contribution in [3.8, 4) is 0 Å². The van der Waals surface area contributed by atoms with Crippen molar-refractivity contribution >= 4 is 5.71 Å². The molecule has 0 aromatic heterocycles. The first-order valence-corrected chi connectivity index (χ1v) is 5.14. The van der Waals surface area contributed by atoms with Gasteiger partial charge in [0.05, 0.1) is 0 Å². The number of aliphatic imine (C=N–C) groups is 1. The van der Waals surface area contributed by atoms with Gasteiger partial charge in [0, 0.05) is 5.71 Å². The minimum absolute atomic E-state index is 0.169. The summed E-state index contributed by atoms with van der Waals surface area (Å²) in [6.07, 6.45) is 4.23. The first kappa shape index (κ1) is 8.92. The highest BCUT2D eigenvalue weighted by Gasteiger charge is 2.31. The Bertz CT molecular complexity index is 272. The summed E-state index contributed by atoms with van der Waals surface area (Å²) >= 11 is 0. The molecule has 0 amide bonds. The number of halogens is 1. The average Bonchev–Trinajstić information content (AvgIpc) is 2.87. The second-order valence-electron chi connectivity index (χ2n) is 4.35. The molecular weight excluding hydrogens is 165 g/mol. The van der Waals surface area contributed by atoms with Crippen molar-refractivity contribution in [1.82, 2.24) is 0 Å². The van der Waals surface area contributed by atoms with Gasteiger partial charge in [-0.2, -0.15) is 4.39 Å². The third-order valence-electron chi connectivity index (χ3n) is 2.89. The zero-order valence-corrected chi connectivity index (χ0v) is 8.31. The van der Waals surface area contributed by atoms with Gasteiger partial charge in [-0.1, -0.05) is 13.8 Å². The van der Waals surface area contributed by atoms with E-state index in [9.17, 15) is 4.39 Å². The van der Waals surface area contributed by atoms with Gasteiger partial charge in [0.15, 0.2) is 0 Å². The molecule has 1 saturated carbocycles. The van der Waals surface area contributed by atoms with Crippen molar-refractivity contribution in [3.05, 3.63) is 11.5 Å². The molecular formula is C11H16FN. The lowest BCUT2D eigenvalue weighted by Gasteiger charge is -2.16. The molecule has 0 N–H and O–H groups in total. The van der Waals surface area contributed by atoms with E-state index in [-0.39, 0.29) is 5.95 Å². The highest BCUT2D eigenvalue weighted by atomic mass is 19.1. The summed E-state index contributed by atoms with van der Waals surface area (Å²) in [6.45, 7) is 4.16. The number of rotatable bonds is 2. The molecule has 2 heteroatoms. The Hall–Kier alpha value is -0.660. The Labute approximate surface area is 78.7 Å². The smallest absolute Gasteiger partial charge is 0.212 e. The molecule has 1 nitrogen and oxygen atoms in total. The standard InChI is InChI=1S/C11H16FN/c1-7(2)10-6-5-9(8-3-4-8)11(12)13-10/h7-8H,3-6H2,1-2H3. The molecule has 1 heterocycles. The van der Waals surface area contributed by atoms with E-state index in [1.54, 1.807) is 0 Å². The fraction of sp³-hybridized carbons (Fsp3) is 0.727. The molecule has 1 fully saturated rings. The molecule has 2 rings (SSSR count). The van der Waals surface area contributed by atoms with E-state index in [1.807, 2.05) is 0 Å². The summed E-state index contributed by atoms with van der Waals surface area (Å²) in [7, 11) is 0. The first-order valence-electron chi connectivity index (χ1n) is 5.14. The van der Waals surface area contributed by atoms with Crippen LogP contribution in [0.2, 0.25) is 0 Å². The monoisotopic (exact) mass is 181 g/mol. The third-order valence-corrected chi connectivity index (χ3v) is 2.89. The van der Waals surface area contributed by atoms with E-state index >= 15 is 0 Å². The quantitative estimate of drug-likeness (QED) is 0.578. The molecule has 0 atom stereocenters. The molecule has 0 saturated heterocycles. The van der Waals surface area contributed by atoms with E-state index in [4.69, 9.17) is 0 Å². The van der Waals surface area contributed by atoms with Gasteiger partial charge in [0.25, 0.3) is 0 Å². The van der Waals surface area contributed by atoms with E-state index in [0.29, 0.717) is 11.8 Å². The maximum Gasteiger partial charge on any atom is 0.212 e. The molecule has 2 aliphatic rings. The highest BCUT2D eigenvalue weighted by molar-refractivity contribution is 5.88. The van der Waals surface area contributed by atoms with Crippen LogP contribution in [-0.2, 0) is 0 Å². The van der Waals surface area contributed by atoms with Crippen molar-refractivity contribution in [2.45, 2.75) is 39.5 Å². The van der Waals surface area contributed by atoms with Gasteiger partial charge in [-0.3, -0.25) is 0 Å². The molecule has 0 aromatic carbocycles. The van der Waals surface area contributed by atoms with Crippen molar-refractivity contribution in [1.29, 1.82) is 0 Å². The van der Waals surface area contributed by atoms with Crippen LogP contribution in [0.1, 0.15) is 39.5 Å². The first-order chi connectivity index (χ1) is 6.18. The Kier molecular flexibility index (Phi) is 2.22. The normalized spacial score (nSPS) is 23.8. The SMILES string of the molecule is CC(C)C1=NC(F)=C(C2CC2)CC1. The van der Waals surface area contributed by atoms with E-state index in [2.05, 4.69) is 18.8 Å². The van der Waals surface area contributed by atoms with Crippen LogP contribution >= 0.6 is 0 Å². The van der Waals surface area contributed by atoms with Gasteiger partial charge >= 0.3 is 0 Å². The van der Waals surface area contributed by atoms with Gasteiger partial charge < -0.3 is 0 Å². The van der Waals surface area contributed by atoms with Crippen molar-refractivity contribution in [2.75, 3.05) is 0 Å². The maximum absolute atomic E-state index is 13.4. The minimum Gasteiger partial charge on any atom is -0.229 e. The van der Waals surface area contributed by atoms with Crippen molar-refractivity contribution < 1.29 is 4.39 Å². The fourth-order valence-corrected chi connectivity index (χ4v) is 1.84. The summed E-state index contributed by atoms with van der Waals surface area (Å²) in [5.41, 5.74) is 2.02. The molecule has 0 aromatic rings. The molecule has 13 heavy (non-hydrogen) atoms. The molecule has 0 unspecified atom stereocenters. The Morgan fingerprint density at radius 3 is 2.46 bits per heavy atom. The van der Waals surface area contributed by atoms with Crippen LogP contribution in [-0.4, -0.2) is 5.71 Å². The molecule has 0 bridgehead atoms. The highest BCUT2D eigenvalue weighted by Crippen LogP contribution is 2.42. The number of allylic oxidation sites excluding steroid dienone is 1. The van der Waals surface area contributed by atoms with Crippen LogP contribution in [0, 0.1) is 11.8 Å². The summed E-state index contributed by atoms with van der Waals surface area (Å²) < 4.78 is 13.4. The predicted octanol–water partition coefficient (Wildman–Crippen LogP) is 3.47. The van der Waals surface area contributed by atoms with Gasteiger partial charge in [-0.05, 0) is 43.1 Å². The molecule has 1 aliphatic heterocycles. The fourth-order valence-electron chi connectivity index (χ4n) is 1.84. The molecule has 1 aliphatic carbocycles. The van der Waals surface area contributed by atoms with Crippen LogP contribution in [0.3, 0.4) is 0 Å². The van der Waals surface area contributed by atoms with Crippen LogP contribution in [0.15, 0.2) is 16.5 Å². The van der Waals surface area contributed by atoms with E-state index < -0.39 is 0 Å². The van der Waals surface area contributed by atoms with E-state index in [1.165, 1.54) is 12.8 Å². The summed E-state index contributed by atoms with van der Waals surface area (Å²) in [5.74, 6) is 0.765. The minimum atomic E-state index is -0.169. The Morgan fingerprint density at radius 2 is 2.00 bits per heavy atom. The predicted molar refractivity (Wildman–Crippen MR) is 52.4 cm³/mol. The van der Waals surface area contributed by atoms with Crippen LogP contribution in [0.4, 0.5) is 4.39 Å². The van der Waals surface area contributed by atoms with Crippen LogP contribution < -0.4 is 0 Å². The van der Waals surface area contributed by atoms with Gasteiger partial charge in [0.2, 0.25) is 5.95 Å². The lowest BCUT2D eigenvalue weighted by Crippen LogP contribution is -2.12. The molecule has 0 radical (unpaired) electrons. The topological polar surface area (TPSA) is 12.4 Å². The summed E-state index contributed by atoms with van der Waals surface area (Å²) in [4.78, 5) is 4.05. The summed E-state index contributed by atoms with van der Waals surface area (Å²) in [5, 5.41) is 0. The van der Waals surface area contributed by atoms with Gasteiger partial charge in [-0.25, -0.2) is 4.99 Å². The number of hydrogen-bond donors (Lipinski definition) is 0. The lowest BCUT2D eigenvalue weighted by molar-refractivity contribution is 0.577. The van der Waals surface area contributed by atoms with Crippen molar-refractivity contribution in [2.24, 2.45) is 16.8 Å².